The van der Waals surface area contributed by atoms with Crippen LogP contribution in [0.5, 0.6) is 0 Å². The van der Waals surface area contributed by atoms with Gasteiger partial charge in [-0.25, -0.2) is 4.98 Å². The summed E-state index contributed by atoms with van der Waals surface area (Å²) < 4.78 is 4.60. The number of nitrogens with one attached hydrogen (secondary N) is 2. The van der Waals surface area contributed by atoms with Crippen molar-refractivity contribution in [2.45, 2.75) is 38.0 Å². The Labute approximate surface area is 262 Å². The van der Waals surface area contributed by atoms with Crippen LogP contribution in [0.15, 0.2) is 65.6 Å². The summed E-state index contributed by atoms with van der Waals surface area (Å²) in [5.74, 6) is -0.145. The average Bonchev–Trinajstić information content (AvgIpc) is 3.02. The summed E-state index contributed by atoms with van der Waals surface area (Å²) in [5.41, 5.74) is 1.29. The fraction of sp³-hybridized carbons (Fsp3) is 0.438. The van der Waals surface area contributed by atoms with E-state index < -0.39 is 5.60 Å². The lowest BCUT2D eigenvalue weighted by Crippen LogP contribution is -2.49. The molecule has 3 N–H and O–H groups in total. The highest BCUT2D eigenvalue weighted by Gasteiger charge is 2.35. The van der Waals surface area contributed by atoms with Crippen molar-refractivity contribution in [2.24, 2.45) is 0 Å². The van der Waals surface area contributed by atoms with Gasteiger partial charge >= 0.3 is 0 Å². The predicted octanol–water partition coefficient (Wildman–Crippen LogP) is 2.52. The van der Waals surface area contributed by atoms with Gasteiger partial charge in [0, 0.05) is 70.0 Å². The Morgan fingerprint density at radius 2 is 1.86 bits per heavy atom. The van der Waals surface area contributed by atoms with Crippen LogP contribution in [0, 0.1) is 0 Å². The van der Waals surface area contributed by atoms with Crippen LogP contribution in [0.2, 0.25) is 0 Å². The van der Waals surface area contributed by atoms with Gasteiger partial charge in [0.25, 0.3) is 11.5 Å². The molecule has 3 aromatic rings. The molecular weight excluding hydrogens is 578 g/mol. The molecule has 2 amide bonds. The van der Waals surface area contributed by atoms with Crippen LogP contribution in [0.25, 0.3) is 10.9 Å². The van der Waals surface area contributed by atoms with Gasteiger partial charge in [0.2, 0.25) is 5.91 Å². The number of likely N-dealkylation sites (tertiary alicyclic amines) is 1. The monoisotopic (exact) mass is 619 g/mol. The molecule has 0 spiro atoms. The lowest BCUT2D eigenvalue weighted by atomic mass is 9.90. The Bertz CT molecular complexity index is 1550. The Kier molecular flexibility index (Phi) is 10.5. The van der Waals surface area contributed by atoms with Gasteiger partial charge in [0.1, 0.15) is 0 Å². The minimum Gasteiger partial charge on any atom is -0.388 e. The first-order chi connectivity index (χ1) is 21.2. The highest BCUT2D eigenvalue weighted by Crippen LogP contribution is 2.25. The number of anilines is 1. The number of likely N-dealkylation sites (N-methyl/N-ethyl adjacent to an activating group) is 1. The summed E-state index contributed by atoms with van der Waals surface area (Å²) in [7, 11) is 2.11. The summed E-state index contributed by atoms with van der Waals surface area (Å²) in [6.07, 6.45) is 2.54. The minimum absolute atomic E-state index is 0.0722. The molecule has 0 unspecified atom stereocenters. The number of rotatable bonds is 11. The fourth-order valence-electron chi connectivity index (χ4n) is 5.69. The predicted molar refractivity (Wildman–Crippen MR) is 174 cm³/mol. The third-order valence-corrected chi connectivity index (χ3v) is 8.90. The van der Waals surface area contributed by atoms with E-state index in [2.05, 4.69) is 38.4 Å². The van der Waals surface area contributed by atoms with E-state index in [1.807, 2.05) is 18.2 Å². The largest absolute Gasteiger partial charge is 0.388 e. The topological polar surface area (TPSA) is 123 Å². The van der Waals surface area contributed by atoms with E-state index in [9.17, 15) is 19.5 Å². The number of hydrogen-bond acceptors (Lipinski definition) is 9. The van der Waals surface area contributed by atoms with E-state index >= 15 is 0 Å². The van der Waals surface area contributed by atoms with Crippen LogP contribution in [-0.4, -0.2) is 99.6 Å². The molecule has 0 aliphatic carbocycles. The lowest BCUT2D eigenvalue weighted by molar-refractivity contribution is -0.116. The number of piperazine rings is 1. The van der Waals surface area contributed by atoms with Crippen molar-refractivity contribution in [2.75, 3.05) is 58.2 Å². The summed E-state index contributed by atoms with van der Waals surface area (Å²) in [6, 6.07) is 12.6. The van der Waals surface area contributed by atoms with E-state index in [4.69, 9.17) is 0 Å². The maximum Gasteiger partial charge on any atom is 0.261 e. The lowest BCUT2D eigenvalue weighted by Gasteiger charge is -2.38. The summed E-state index contributed by atoms with van der Waals surface area (Å²) in [6.45, 7) is 9.79. The second-order valence-electron chi connectivity index (χ2n) is 11.7. The summed E-state index contributed by atoms with van der Waals surface area (Å²) >= 11 is 1.40. The number of benzene rings is 2. The molecule has 0 atom stereocenters. The number of carbonyl (C=O) groups is 2. The molecule has 0 saturated carbocycles. The van der Waals surface area contributed by atoms with E-state index in [1.54, 1.807) is 34.6 Å². The second-order valence-corrected chi connectivity index (χ2v) is 12.5. The molecule has 0 bridgehead atoms. The molecule has 1 aromatic heterocycles. The van der Waals surface area contributed by atoms with Gasteiger partial charge in [-0.15, -0.1) is 0 Å². The van der Waals surface area contributed by atoms with E-state index in [1.165, 1.54) is 22.8 Å². The maximum atomic E-state index is 13.3. The van der Waals surface area contributed by atoms with Gasteiger partial charge in [-0.05, 0) is 61.2 Å². The number of piperidine rings is 1. The van der Waals surface area contributed by atoms with Gasteiger partial charge in [-0.1, -0.05) is 30.7 Å². The van der Waals surface area contributed by atoms with Crippen molar-refractivity contribution < 1.29 is 14.7 Å². The quantitative estimate of drug-likeness (QED) is 0.220. The van der Waals surface area contributed by atoms with Gasteiger partial charge in [-0.2, -0.15) is 0 Å². The van der Waals surface area contributed by atoms with Crippen molar-refractivity contribution in [1.82, 2.24) is 29.0 Å². The Morgan fingerprint density at radius 3 is 2.61 bits per heavy atom. The van der Waals surface area contributed by atoms with E-state index in [-0.39, 0.29) is 23.9 Å². The molecule has 2 aliphatic rings. The Hall–Kier alpha value is -3.55. The molecular formula is C32H41N7O4S. The first-order valence-corrected chi connectivity index (χ1v) is 15.9. The number of nitrogens with zero attached hydrogens (tertiary/aromatic N) is 5. The molecule has 3 heterocycles. The van der Waals surface area contributed by atoms with E-state index in [0.29, 0.717) is 67.6 Å². The zero-order valence-electron chi connectivity index (χ0n) is 25.2. The number of carbonyl (C=O) groups excluding carboxylic acids is 2. The van der Waals surface area contributed by atoms with Crippen molar-refractivity contribution >= 4 is 40.4 Å². The first-order valence-electron chi connectivity index (χ1n) is 15.0. The fourth-order valence-corrected chi connectivity index (χ4v) is 6.05. The molecule has 2 fully saturated rings. The molecule has 44 heavy (non-hydrogen) atoms. The van der Waals surface area contributed by atoms with Crippen LogP contribution in [0.1, 0.15) is 35.2 Å². The Morgan fingerprint density at radius 1 is 1.09 bits per heavy atom. The highest BCUT2D eigenvalue weighted by molar-refractivity contribution is 8.00. The summed E-state index contributed by atoms with van der Waals surface area (Å²) in [5, 5.41) is 16.4. The van der Waals surface area contributed by atoms with Crippen LogP contribution >= 0.6 is 11.9 Å². The van der Waals surface area contributed by atoms with Gasteiger partial charge in [0.05, 0.1) is 29.4 Å². The number of aromatic nitrogens is 2. The molecule has 5 rings (SSSR count). The SMILES string of the molecule is C=CSNCc1cccc(C(=O)N2CCC(O)(Cn3cnc4cc(NC(=O)CCN5CCN(C)CC5)ccc4c3=O)CC2)c1. The Balaban J connectivity index is 1.16. The zero-order chi connectivity index (χ0) is 31.1. The standard InChI is InChI=1S/C32H41N7O4S/c1-3-44-34-21-24-5-4-6-25(19-24)30(41)38-13-10-32(43,11-14-38)22-39-23-33-28-20-26(7-8-27(28)31(39)42)35-29(40)9-12-37-17-15-36(2)16-18-37/h3-8,19-20,23,34,43H,1,9-18,21-22H2,2H3,(H,35,40). The number of hydrogen-bond donors (Lipinski definition) is 3. The van der Waals surface area contributed by atoms with Crippen molar-refractivity contribution in [3.63, 3.8) is 0 Å². The molecule has 2 aromatic carbocycles. The normalized spacial score (nSPS) is 17.5. The molecule has 2 saturated heterocycles. The second kappa shape index (κ2) is 14.5. The third-order valence-electron chi connectivity index (χ3n) is 8.42. The number of amides is 2. The molecule has 11 nitrogen and oxygen atoms in total. The van der Waals surface area contributed by atoms with Gasteiger partial charge in [0.15, 0.2) is 0 Å². The molecule has 12 heteroatoms. The molecule has 0 radical (unpaired) electrons. The van der Waals surface area contributed by atoms with Crippen LogP contribution in [0.3, 0.4) is 0 Å². The summed E-state index contributed by atoms with van der Waals surface area (Å²) in [4.78, 5) is 49.8. The van der Waals surface area contributed by atoms with Gasteiger partial charge in [-0.3, -0.25) is 23.7 Å². The van der Waals surface area contributed by atoms with Crippen molar-refractivity contribution in [1.29, 1.82) is 0 Å². The smallest absolute Gasteiger partial charge is 0.261 e. The van der Waals surface area contributed by atoms with E-state index in [0.717, 1.165) is 31.7 Å². The van der Waals surface area contributed by atoms with Crippen LogP contribution in [-0.2, 0) is 17.9 Å². The van der Waals surface area contributed by atoms with Crippen molar-refractivity contribution in [3.8, 4) is 0 Å². The van der Waals surface area contributed by atoms with Gasteiger partial charge < -0.3 is 25.1 Å². The van der Waals surface area contributed by atoms with Crippen LogP contribution in [0.4, 0.5) is 5.69 Å². The average molecular weight is 620 g/mol. The zero-order valence-corrected chi connectivity index (χ0v) is 26.0. The highest BCUT2D eigenvalue weighted by atomic mass is 32.2. The first kappa shape index (κ1) is 31.9. The maximum absolute atomic E-state index is 13.3. The van der Waals surface area contributed by atoms with Crippen molar-refractivity contribution in [3.05, 3.63) is 82.3 Å². The van der Waals surface area contributed by atoms with Crippen LogP contribution < -0.4 is 15.6 Å². The minimum atomic E-state index is -1.14. The number of aliphatic hydroxyl groups is 1. The number of fused-ring (bicyclic) bond motifs is 1. The molecule has 2 aliphatic heterocycles. The molecule has 234 valence electrons. The third kappa shape index (κ3) is 8.13.